The highest BCUT2D eigenvalue weighted by Gasteiger charge is 2.20. The van der Waals surface area contributed by atoms with Crippen molar-refractivity contribution in [1.29, 1.82) is 0 Å². The monoisotopic (exact) mass is 273 g/mol. The van der Waals surface area contributed by atoms with E-state index >= 15 is 0 Å². The molecule has 1 aromatic carbocycles. The van der Waals surface area contributed by atoms with Gasteiger partial charge in [0.2, 0.25) is 0 Å². The molecule has 0 radical (unpaired) electrons. The second-order valence-electron chi connectivity index (χ2n) is 5.14. The number of rotatable bonds is 6. The standard InChI is InChI=1S/C16H23N3O/c1-4-16(17,5-2)11-19-15-13-7-6-8-14(20-3)12(13)9-10-18-15/h6-10H,4-5,11,17H2,1-3H3,(H,18,19). The molecule has 0 spiro atoms. The molecule has 0 aliphatic rings. The SMILES string of the molecule is CCC(N)(CC)CNc1nccc2c(OC)cccc12. The van der Waals surface area contributed by atoms with Crippen molar-refractivity contribution in [2.75, 3.05) is 19.0 Å². The predicted molar refractivity (Wildman–Crippen MR) is 84.3 cm³/mol. The van der Waals surface area contributed by atoms with Gasteiger partial charge in [0.15, 0.2) is 0 Å². The zero-order valence-electron chi connectivity index (χ0n) is 12.4. The van der Waals surface area contributed by atoms with Gasteiger partial charge >= 0.3 is 0 Å². The third-order valence-electron chi connectivity index (χ3n) is 4.00. The van der Waals surface area contributed by atoms with Crippen LogP contribution in [0.25, 0.3) is 10.8 Å². The molecule has 0 aliphatic carbocycles. The molecular formula is C16H23N3O. The molecule has 20 heavy (non-hydrogen) atoms. The molecule has 1 heterocycles. The van der Waals surface area contributed by atoms with Crippen LogP contribution in [0.5, 0.6) is 5.75 Å². The van der Waals surface area contributed by atoms with E-state index in [0.717, 1.165) is 35.2 Å². The maximum absolute atomic E-state index is 6.33. The van der Waals surface area contributed by atoms with Crippen molar-refractivity contribution in [2.45, 2.75) is 32.2 Å². The summed E-state index contributed by atoms with van der Waals surface area (Å²) in [7, 11) is 1.68. The van der Waals surface area contributed by atoms with Crippen molar-refractivity contribution in [3.05, 3.63) is 30.5 Å². The summed E-state index contributed by atoms with van der Waals surface area (Å²) >= 11 is 0. The number of hydrogen-bond donors (Lipinski definition) is 2. The van der Waals surface area contributed by atoms with Gasteiger partial charge in [0.25, 0.3) is 0 Å². The Morgan fingerprint density at radius 1 is 1.20 bits per heavy atom. The summed E-state index contributed by atoms with van der Waals surface area (Å²) in [6.07, 6.45) is 3.67. The lowest BCUT2D eigenvalue weighted by Crippen LogP contribution is -2.45. The second-order valence-corrected chi connectivity index (χ2v) is 5.14. The van der Waals surface area contributed by atoms with E-state index in [2.05, 4.69) is 24.1 Å². The van der Waals surface area contributed by atoms with Gasteiger partial charge in [-0.25, -0.2) is 4.98 Å². The molecule has 108 valence electrons. The minimum absolute atomic E-state index is 0.192. The number of nitrogens with zero attached hydrogens (tertiary/aromatic N) is 1. The Kier molecular flexibility index (Phi) is 4.45. The van der Waals surface area contributed by atoms with Crippen LogP contribution in [0.1, 0.15) is 26.7 Å². The van der Waals surface area contributed by atoms with Gasteiger partial charge in [-0.2, -0.15) is 0 Å². The van der Waals surface area contributed by atoms with Crippen molar-refractivity contribution < 1.29 is 4.74 Å². The number of ether oxygens (including phenoxy) is 1. The van der Waals surface area contributed by atoms with E-state index in [1.54, 1.807) is 13.3 Å². The summed E-state index contributed by atoms with van der Waals surface area (Å²) in [4.78, 5) is 4.43. The zero-order chi connectivity index (χ0) is 14.6. The first kappa shape index (κ1) is 14.6. The van der Waals surface area contributed by atoms with Crippen LogP contribution in [0.2, 0.25) is 0 Å². The van der Waals surface area contributed by atoms with E-state index in [0.29, 0.717) is 6.54 Å². The van der Waals surface area contributed by atoms with Crippen LogP contribution >= 0.6 is 0 Å². The fraction of sp³-hybridized carbons (Fsp3) is 0.438. The van der Waals surface area contributed by atoms with Gasteiger partial charge in [0, 0.05) is 29.1 Å². The number of fused-ring (bicyclic) bond motifs is 1. The normalized spacial score (nSPS) is 11.6. The first-order valence-electron chi connectivity index (χ1n) is 7.08. The summed E-state index contributed by atoms with van der Waals surface area (Å²) < 4.78 is 5.39. The molecule has 0 aliphatic heterocycles. The van der Waals surface area contributed by atoms with Crippen LogP contribution in [0, 0.1) is 0 Å². The smallest absolute Gasteiger partial charge is 0.134 e. The molecular weight excluding hydrogens is 250 g/mol. The molecule has 0 fully saturated rings. The van der Waals surface area contributed by atoms with Gasteiger partial charge < -0.3 is 15.8 Å². The maximum atomic E-state index is 6.33. The zero-order valence-corrected chi connectivity index (χ0v) is 12.4. The van der Waals surface area contributed by atoms with Crippen molar-refractivity contribution in [1.82, 2.24) is 4.98 Å². The average Bonchev–Trinajstić information content (AvgIpc) is 2.51. The van der Waals surface area contributed by atoms with Gasteiger partial charge in [0.05, 0.1) is 7.11 Å². The minimum Gasteiger partial charge on any atom is -0.496 e. The van der Waals surface area contributed by atoms with Gasteiger partial charge in [-0.1, -0.05) is 26.0 Å². The lowest BCUT2D eigenvalue weighted by atomic mass is 9.94. The van der Waals surface area contributed by atoms with Crippen LogP contribution in [-0.2, 0) is 0 Å². The molecule has 2 aromatic rings. The van der Waals surface area contributed by atoms with Crippen LogP contribution in [0.4, 0.5) is 5.82 Å². The summed E-state index contributed by atoms with van der Waals surface area (Å²) in [5.41, 5.74) is 6.14. The molecule has 0 bridgehead atoms. The quantitative estimate of drug-likeness (QED) is 0.848. The van der Waals surface area contributed by atoms with E-state index in [1.165, 1.54) is 0 Å². The Bertz CT molecular complexity index is 579. The van der Waals surface area contributed by atoms with Crippen molar-refractivity contribution in [2.24, 2.45) is 5.73 Å². The summed E-state index contributed by atoms with van der Waals surface area (Å²) in [5, 5.41) is 5.51. The average molecular weight is 273 g/mol. The molecule has 4 nitrogen and oxygen atoms in total. The van der Waals surface area contributed by atoms with Crippen LogP contribution < -0.4 is 15.8 Å². The Hall–Kier alpha value is -1.81. The number of hydrogen-bond acceptors (Lipinski definition) is 4. The topological polar surface area (TPSA) is 60.2 Å². The second kappa shape index (κ2) is 6.09. The van der Waals surface area contributed by atoms with Gasteiger partial charge in [-0.3, -0.25) is 0 Å². The number of benzene rings is 1. The van der Waals surface area contributed by atoms with E-state index in [-0.39, 0.29) is 5.54 Å². The number of pyridine rings is 1. The fourth-order valence-electron chi connectivity index (χ4n) is 2.26. The lowest BCUT2D eigenvalue weighted by Gasteiger charge is -2.27. The Labute approximate surface area is 120 Å². The summed E-state index contributed by atoms with van der Waals surface area (Å²) in [6.45, 7) is 4.94. The number of nitrogens with one attached hydrogen (secondary N) is 1. The van der Waals surface area contributed by atoms with E-state index < -0.39 is 0 Å². The van der Waals surface area contributed by atoms with Gasteiger partial charge in [0.1, 0.15) is 11.6 Å². The van der Waals surface area contributed by atoms with Crippen LogP contribution in [-0.4, -0.2) is 24.2 Å². The van der Waals surface area contributed by atoms with Crippen molar-refractivity contribution >= 4 is 16.6 Å². The Morgan fingerprint density at radius 2 is 1.95 bits per heavy atom. The molecule has 2 rings (SSSR count). The Balaban J connectivity index is 2.31. The number of methoxy groups -OCH3 is 1. The van der Waals surface area contributed by atoms with E-state index in [4.69, 9.17) is 10.5 Å². The first-order valence-corrected chi connectivity index (χ1v) is 7.08. The number of anilines is 1. The predicted octanol–water partition coefficient (Wildman–Crippen LogP) is 3.17. The molecule has 0 atom stereocenters. The van der Waals surface area contributed by atoms with Crippen molar-refractivity contribution in [3.8, 4) is 5.75 Å². The highest BCUT2D eigenvalue weighted by atomic mass is 16.5. The highest BCUT2D eigenvalue weighted by Crippen LogP contribution is 2.29. The van der Waals surface area contributed by atoms with E-state index in [9.17, 15) is 0 Å². The number of aromatic nitrogens is 1. The highest BCUT2D eigenvalue weighted by molar-refractivity contribution is 5.95. The molecule has 1 aromatic heterocycles. The third-order valence-corrected chi connectivity index (χ3v) is 4.00. The molecule has 0 saturated carbocycles. The Morgan fingerprint density at radius 3 is 2.60 bits per heavy atom. The molecule has 0 unspecified atom stereocenters. The van der Waals surface area contributed by atoms with Gasteiger partial charge in [-0.15, -0.1) is 0 Å². The summed E-state index contributed by atoms with van der Waals surface area (Å²) in [6, 6.07) is 7.94. The maximum Gasteiger partial charge on any atom is 0.134 e. The fourth-order valence-corrected chi connectivity index (χ4v) is 2.26. The minimum atomic E-state index is -0.192. The van der Waals surface area contributed by atoms with E-state index in [1.807, 2.05) is 24.3 Å². The van der Waals surface area contributed by atoms with Crippen LogP contribution in [0.15, 0.2) is 30.5 Å². The van der Waals surface area contributed by atoms with Gasteiger partial charge in [-0.05, 0) is 25.0 Å². The molecule has 4 heteroatoms. The molecule has 0 amide bonds. The van der Waals surface area contributed by atoms with Crippen LogP contribution in [0.3, 0.4) is 0 Å². The van der Waals surface area contributed by atoms with Crippen molar-refractivity contribution in [3.63, 3.8) is 0 Å². The first-order chi connectivity index (χ1) is 9.63. The molecule has 0 saturated heterocycles. The largest absolute Gasteiger partial charge is 0.496 e. The number of nitrogens with two attached hydrogens (primary N) is 1. The summed E-state index contributed by atoms with van der Waals surface area (Å²) in [5.74, 6) is 1.72. The third kappa shape index (κ3) is 2.85. The molecule has 3 N–H and O–H groups in total. The lowest BCUT2D eigenvalue weighted by molar-refractivity contribution is 0.418.